The summed E-state index contributed by atoms with van der Waals surface area (Å²) in [6.45, 7) is 4.44. The number of anilines is 1. The van der Waals surface area contributed by atoms with Crippen molar-refractivity contribution in [3.8, 4) is 0 Å². The fourth-order valence-corrected chi connectivity index (χ4v) is 3.67. The normalized spacial score (nSPS) is 33.4. The molecule has 4 atom stereocenters. The molecule has 1 aliphatic carbocycles. The lowest BCUT2D eigenvalue weighted by Crippen LogP contribution is -2.29. The Morgan fingerprint density at radius 3 is 2.82 bits per heavy atom. The predicted molar refractivity (Wildman–Crippen MR) is 79.8 cm³/mol. The molecule has 2 aliphatic rings. The van der Waals surface area contributed by atoms with Crippen LogP contribution in [0.25, 0.3) is 11.2 Å². The van der Waals surface area contributed by atoms with Crippen molar-refractivity contribution in [3.05, 3.63) is 12.7 Å². The molecule has 0 amide bonds. The Kier molecular flexibility index (Phi) is 2.91. The topological polar surface area (TPSA) is 114 Å². The summed E-state index contributed by atoms with van der Waals surface area (Å²) in [7, 11) is 0. The van der Waals surface area contributed by atoms with Crippen LogP contribution in [0.1, 0.15) is 26.3 Å². The van der Waals surface area contributed by atoms with Crippen molar-refractivity contribution in [1.82, 2.24) is 19.5 Å². The number of nitrogen functional groups attached to an aromatic ring is 1. The first-order valence-electron chi connectivity index (χ1n) is 7.49. The molecule has 4 rings (SSSR count). The minimum Gasteiger partial charge on any atom is -0.382 e. The van der Waals surface area contributed by atoms with Crippen LogP contribution in [0.2, 0.25) is 0 Å². The van der Waals surface area contributed by atoms with Gasteiger partial charge in [0.05, 0.1) is 18.5 Å². The van der Waals surface area contributed by atoms with E-state index in [9.17, 15) is 0 Å². The van der Waals surface area contributed by atoms with Crippen molar-refractivity contribution in [1.29, 1.82) is 0 Å². The molecule has 2 aromatic rings. The summed E-state index contributed by atoms with van der Waals surface area (Å²) < 4.78 is 14.2. The first kappa shape index (κ1) is 13.9. The van der Waals surface area contributed by atoms with Gasteiger partial charge in [0.2, 0.25) is 0 Å². The van der Waals surface area contributed by atoms with Crippen LogP contribution in [0.3, 0.4) is 0 Å². The van der Waals surface area contributed by atoms with Gasteiger partial charge in [-0.3, -0.25) is 0 Å². The Labute approximate surface area is 127 Å². The molecular formula is C14H20N6O2. The Balaban J connectivity index is 1.77. The Bertz CT molecular complexity index is 714. The summed E-state index contributed by atoms with van der Waals surface area (Å²) in [6.07, 6.45) is 4.03. The largest absolute Gasteiger partial charge is 0.382 e. The molecule has 1 saturated carbocycles. The molecule has 8 heteroatoms. The van der Waals surface area contributed by atoms with Crippen LogP contribution >= 0.6 is 0 Å². The molecule has 2 aromatic heterocycles. The van der Waals surface area contributed by atoms with Gasteiger partial charge in [-0.2, -0.15) is 0 Å². The molecule has 118 valence electrons. The third-order valence-electron chi connectivity index (χ3n) is 4.60. The van der Waals surface area contributed by atoms with Gasteiger partial charge >= 0.3 is 0 Å². The van der Waals surface area contributed by atoms with Crippen LogP contribution in [0.15, 0.2) is 12.7 Å². The van der Waals surface area contributed by atoms with E-state index in [1.54, 1.807) is 6.33 Å². The number of nitrogens with two attached hydrogens (primary N) is 2. The van der Waals surface area contributed by atoms with Gasteiger partial charge in [-0.05, 0) is 26.8 Å². The van der Waals surface area contributed by atoms with Crippen molar-refractivity contribution < 1.29 is 9.47 Å². The van der Waals surface area contributed by atoms with Crippen LogP contribution in [0.4, 0.5) is 5.82 Å². The van der Waals surface area contributed by atoms with Gasteiger partial charge in [-0.1, -0.05) is 0 Å². The maximum absolute atomic E-state index is 6.12. The van der Waals surface area contributed by atoms with Crippen molar-refractivity contribution >= 4 is 17.0 Å². The van der Waals surface area contributed by atoms with Gasteiger partial charge in [0, 0.05) is 5.92 Å². The van der Waals surface area contributed by atoms with E-state index in [1.807, 2.05) is 18.4 Å². The smallest absolute Gasteiger partial charge is 0.165 e. The van der Waals surface area contributed by atoms with E-state index in [-0.39, 0.29) is 24.2 Å². The van der Waals surface area contributed by atoms with Crippen molar-refractivity contribution in [2.24, 2.45) is 11.7 Å². The van der Waals surface area contributed by atoms with Crippen LogP contribution in [-0.4, -0.2) is 44.1 Å². The summed E-state index contributed by atoms with van der Waals surface area (Å²) in [4.78, 5) is 12.7. The SMILES string of the molecule is CC1(C)O[C@@H]2[C@@H](CN)C[C@@H](n3cnc4c(N)ncnc43)[C@@H]2O1. The highest BCUT2D eigenvalue weighted by Gasteiger charge is 2.54. The number of rotatable bonds is 2. The van der Waals surface area contributed by atoms with E-state index in [1.165, 1.54) is 6.33 Å². The Morgan fingerprint density at radius 1 is 1.27 bits per heavy atom. The summed E-state index contributed by atoms with van der Waals surface area (Å²) in [6, 6.07) is 0.0830. The summed E-state index contributed by atoms with van der Waals surface area (Å²) in [5, 5.41) is 0. The van der Waals surface area contributed by atoms with Gasteiger partial charge in [0.1, 0.15) is 17.9 Å². The van der Waals surface area contributed by atoms with E-state index in [0.29, 0.717) is 17.9 Å². The number of nitrogens with zero attached hydrogens (tertiary/aromatic N) is 4. The lowest BCUT2D eigenvalue weighted by Gasteiger charge is -2.23. The fraction of sp³-hybridized carbons (Fsp3) is 0.643. The minimum atomic E-state index is -0.591. The average Bonchev–Trinajstić information content (AvgIpc) is 3.10. The van der Waals surface area contributed by atoms with E-state index in [4.69, 9.17) is 20.9 Å². The highest BCUT2D eigenvalue weighted by molar-refractivity contribution is 5.81. The maximum Gasteiger partial charge on any atom is 0.165 e. The van der Waals surface area contributed by atoms with Crippen molar-refractivity contribution in [2.75, 3.05) is 12.3 Å². The molecule has 0 aromatic carbocycles. The fourth-order valence-electron chi connectivity index (χ4n) is 3.67. The van der Waals surface area contributed by atoms with Gasteiger partial charge in [-0.15, -0.1) is 0 Å². The van der Waals surface area contributed by atoms with Crippen molar-refractivity contribution in [3.63, 3.8) is 0 Å². The molecular weight excluding hydrogens is 284 g/mol. The Morgan fingerprint density at radius 2 is 2.05 bits per heavy atom. The molecule has 2 fully saturated rings. The lowest BCUT2D eigenvalue weighted by atomic mass is 10.1. The number of ether oxygens (including phenoxy) is 2. The highest BCUT2D eigenvalue weighted by Crippen LogP contribution is 2.47. The third-order valence-corrected chi connectivity index (χ3v) is 4.60. The van der Waals surface area contributed by atoms with E-state index in [2.05, 4.69) is 15.0 Å². The quantitative estimate of drug-likeness (QED) is 0.827. The first-order chi connectivity index (χ1) is 10.5. The molecule has 0 radical (unpaired) electrons. The summed E-state index contributed by atoms with van der Waals surface area (Å²) in [5.41, 5.74) is 13.1. The van der Waals surface area contributed by atoms with Crippen molar-refractivity contribution in [2.45, 2.75) is 44.3 Å². The molecule has 1 saturated heterocycles. The van der Waals surface area contributed by atoms with E-state index >= 15 is 0 Å². The molecule has 8 nitrogen and oxygen atoms in total. The number of hydrogen-bond donors (Lipinski definition) is 2. The van der Waals surface area contributed by atoms with Crippen LogP contribution in [0.5, 0.6) is 0 Å². The number of fused-ring (bicyclic) bond motifs is 2. The highest BCUT2D eigenvalue weighted by atomic mass is 16.8. The minimum absolute atomic E-state index is 0.00151. The first-order valence-corrected chi connectivity index (χ1v) is 7.49. The molecule has 4 N–H and O–H groups in total. The van der Waals surface area contributed by atoms with Gasteiger partial charge < -0.3 is 25.5 Å². The van der Waals surface area contributed by atoms with Gasteiger partial charge in [0.15, 0.2) is 17.3 Å². The summed E-state index contributed by atoms with van der Waals surface area (Å²) >= 11 is 0. The second-order valence-corrected chi connectivity index (χ2v) is 6.45. The van der Waals surface area contributed by atoms with E-state index < -0.39 is 5.79 Å². The van der Waals surface area contributed by atoms with Gasteiger partial charge in [-0.25, -0.2) is 15.0 Å². The monoisotopic (exact) mass is 304 g/mol. The number of imidazole rings is 1. The second-order valence-electron chi connectivity index (χ2n) is 6.45. The Hall–Kier alpha value is -1.77. The zero-order valence-electron chi connectivity index (χ0n) is 12.6. The molecule has 3 heterocycles. The van der Waals surface area contributed by atoms with Crippen LogP contribution in [0, 0.1) is 5.92 Å². The zero-order valence-corrected chi connectivity index (χ0v) is 12.6. The van der Waals surface area contributed by atoms with E-state index in [0.717, 1.165) is 12.1 Å². The van der Waals surface area contributed by atoms with Crippen LogP contribution < -0.4 is 11.5 Å². The molecule has 22 heavy (non-hydrogen) atoms. The van der Waals surface area contributed by atoms with Gasteiger partial charge in [0.25, 0.3) is 0 Å². The number of hydrogen-bond acceptors (Lipinski definition) is 7. The standard InChI is InChI=1S/C14H20N6O2/c1-14(2)21-10-7(4-15)3-8(11(10)22-14)20-6-19-9-12(16)17-5-18-13(9)20/h5-8,10-11H,3-4,15H2,1-2H3,(H2,16,17,18)/t7-,8-,10-,11+/m1/s1. The number of aromatic nitrogens is 4. The third kappa shape index (κ3) is 1.91. The lowest BCUT2D eigenvalue weighted by molar-refractivity contribution is -0.159. The second kappa shape index (κ2) is 4.61. The average molecular weight is 304 g/mol. The maximum atomic E-state index is 6.12. The predicted octanol–water partition coefficient (Wildman–Crippen LogP) is 0.448. The molecule has 0 spiro atoms. The molecule has 0 bridgehead atoms. The zero-order chi connectivity index (χ0) is 15.5. The summed E-state index contributed by atoms with van der Waals surface area (Å²) in [5.74, 6) is 0.0530. The van der Waals surface area contributed by atoms with Crippen LogP contribution in [-0.2, 0) is 9.47 Å². The molecule has 1 aliphatic heterocycles. The molecule has 0 unspecified atom stereocenters.